The highest BCUT2D eigenvalue weighted by Gasteiger charge is 2.11. The summed E-state index contributed by atoms with van der Waals surface area (Å²) in [6.45, 7) is 6.91. The minimum absolute atomic E-state index is 0.000617. The van der Waals surface area contributed by atoms with E-state index >= 15 is 0 Å². The molecule has 0 aromatic rings. The molecule has 0 saturated heterocycles. The van der Waals surface area contributed by atoms with Gasteiger partial charge in [-0.15, -0.1) is 0 Å². The first-order valence-electron chi connectivity index (χ1n) is 5.75. The number of carbonyl (C=O) groups is 1. The second kappa shape index (κ2) is 8.53. The van der Waals surface area contributed by atoms with Crippen LogP contribution >= 0.6 is 0 Å². The number of hydrogen-bond acceptors (Lipinski definition) is 2. The third kappa shape index (κ3) is 8.24. The lowest BCUT2D eigenvalue weighted by Gasteiger charge is -2.18. The van der Waals surface area contributed by atoms with E-state index in [4.69, 9.17) is 5.11 Å². The van der Waals surface area contributed by atoms with Crippen molar-refractivity contribution in [3.05, 3.63) is 0 Å². The van der Waals surface area contributed by atoms with Crippen LogP contribution in [0.15, 0.2) is 0 Å². The van der Waals surface area contributed by atoms with Crippen molar-refractivity contribution in [3.63, 3.8) is 0 Å². The first-order chi connectivity index (χ1) is 7.10. The SMILES string of the molecule is CCCCNC(=O)N[C@H](CO)CC(C)C. The summed E-state index contributed by atoms with van der Waals surface area (Å²) in [6.07, 6.45) is 2.86. The molecule has 0 rings (SSSR count). The van der Waals surface area contributed by atoms with Gasteiger partial charge in [-0.1, -0.05) is 27.2 Å². The summed E-state index contributed by atoms with van der Waals surface area (Å²) in [6, 6.07) is -0.310. The zero-order valence-electron chi connectivity index (χ0n) is 10.0. The smallest absolute Gasteiger partial charge is 0.315 e. The van der Waals surface area contributed by atoms with Crippen LogP contribution in [0.5, 0.6) is 0 Å². The van der Waals surface area contributed by atoms with Gasteiger partial charge in [0.2, 0.25) is 0 Å². The molecular weight excluding hydrogens is 192 g/mol. The Morgan fingerprint density at radius 1 is 1.40 bits per heavy atom. The van der Waals surface area contributed by atoms with Gasteiger partial charge in [-0.25, -0.2) is 4.79 Å². The van der Waals surface area contributed by atoms with Crippen molar-refractivity contribution in [1.82, 2.24) is 10.6 Å². The number of nitrogens with one attached hydrogen (secondary N) is 2. The van der Waals surface area contributed by atoms with Gasteiger partial charge in [-0.05, 0) is 18.8 Å². The van der Waals surface area contributed by atoms with Gasteiger partial charge in [-0.2, -0.15) is 0 Å². The van der Waals surface area contributed by atoms with Crippen molar-refractivity contribution in [2.45, 2.75) is 46.1 Å². The van der Waals surface area contributed by atoms with Crippen LogP contribution in [0.4, 0.5) is 4.79 Å². The van der Waals surface area contributed by atoms with Gasteiger partial charge < -0.3 is 15.7 Å². The Bertz CT molecular complexity index is 172. The number of rotatable bonds is 7. The van der Waals surface area contributed by atoms with Gasteiger partial charge in [0.1, 0.15) is 0 Å². The first kappa shape index (κ1) is 14.2. The number of hydrogen-bond donors (Lipinski definition) is 3. The summed E-state index contributed by atoms with van der Waals surface area (Å²) >= 11 is 0. The monoisotopic (exact) mass is 216 g/mol. The highest BCUT2D eigenvalue weighted by molar-refractivity contribution is 5.74. The standard InChI is InChI=1S/C11H24N2O2/c1-4-5-6-12-11(15)13-10(8-14)7-9(2)3/h9-10,14H,4-8H2,1-3H3,(H2,12,13,15)/t10-/m0/s1. The molecule has 0 radical (unpaired) electrons. The molecule has 2 amide bonds. The first-order valence-corrected chi connectivity index (χ1v) is 5.75. The van der Waals surface area contributed by atoms with Crippen molar-refractivity contribution in [1.29, 1.82) is 0 Å². The van der Waals surface area contributed by atoms with E-state index in [0.29, 0.717) is 12.5 Å². The average molecular weight is 216 g/mol. The Kier molecular flexibility index (Phi) is 8.09. The van der Waals surface area contributed by atoms with E-state index < -0.39 is 0 Å². The molecule has 4 heteroatoms. The summed E-state index contributed by atoms with van der Waals surface area (Å²) in [7, 11) is 0. The van der Waals surface area contributed by atoms with Crippen LogP contribution in [0.25, 0.3) is 0 Å². The quantitative estimate of drug-likeness (QED) is 0.565. The topological polar surface area (TPSA) is 61.4 Å². The number of aliphatic hydroxyl groups excluding tert-OH is 1. The predicted molar refractivity (Wildman–Crippen MR) is 61.8 cm³/mol. The van der Waals surface area contributed by atoms with Crippen LogP contribution < -0.4 is 10.6 Å². The minimum Gasteiger partial charge on any atom is -0.394 e. The Morgan fingerprint density at radius 3 is 2.53 bits per heavy atom. The summed E-state index contributed by atoms with van der Waals surface area (Å²) < 4.78 is 0. The van der Waals surface area contributed by atoms with Crippen LogP contribution in [0.2, 0.25) is 0 Å². The van der Waals surface area contributed by atoms with Crippen LogP contribution in [-0.4, -0.2) is 30.3 Å². The number of aliphatic hydroxyl groups is 1. The zero-order chi connectivity index (χ0) is 11.7. The molecule has 0 aliphatic heterocycles. The highest BCUT2D eigenvalue weighted by atomic mass is 16.3. The van der Waals surface area contributed by atoms with E-state index in [1.807, 2.05) is 0 Å². The lowest BCUT2D eigenvalue weighted by molar-refractivity contribution is 0.207. The molecule has 0 heterocycles. The molecule has 3 N–H and O–H groups in total. The molecule has 0 saturated carbocycles. The van der Waals surface area contributed by atoms with Crippen LogP contribution in [0.3, 0.4) is 0 Å². The van der Waals surface area contributed by atoms with Crippen LogP contribution in [0.1, 0.15) is 40.0 Å². The molecule has 0 aromatic carbocycles. The molecule has 0 aromatic heterocycles. The minimum atomic E-state index is -0.178. The molecule has 0 unspecified atom stereocenters. The van der Waals surface area contributed by atoms with Crippen molar-refractivity contribution >= 4 is 6.03 Å². The van der Waals surface area contributed by atoms with Gasteiger partial charge in [0.05, 0.1) is 12.6 Å². The molecule has 0 spiro atoms. The van der Waals surface area contributed by atoms with E-state index in [-0.39, 0.29) is 18.7 Å². The number of amides is 2. The second-order valence-electron chi connectivity index (χ2n) is 4.26. The Balaban J connectivity index is 3.70. The van der Waals surface area contributed by atoms with Crippen molar-refractivity contribution in [2.24, 2.45) is 5.92 Å². The fourth-order valence-electron chi connectivity index (χ4n) is 1.36. The molecular formula is C11H24N2O2. The van der Waals surface area contributed by atoms with E-state index in [1.165, 1.54) is 0 Å². The number of carbonyl (C=O) groups excluding carboxylic acids is 1. The largest absolute Gasteiger partial charge is 0.394 e. The Hall–Kier alpha value is -0.770. The van der Waals surface area contributed by atoms with Gasteiger partial charge in [-0.3, -0.25) is 0 Å². The lowest BCUT2D eigenvalue weighted by atomic mass is 10.0. The molecule has 0 bridgehead atoms. The molecule has 1 atom stereocenters. The van der Waals surface area contributed by atoms with Gasteiger partial charge in [0, 0.05) is 6.54 Å². The maximum Gasteiger partial charge on any atom is 0.315 e. The lowest BCUT2D eigenvalue weighted by Crippen LogP contribution is -2.44. The molecule has 0 aliphatic rings. The van der Waals surface area contributed by atoms with Crippen molar-refractivity contribution in [2.75, 3.05) is 13.2 Å². The number of urea groups is 1. The Morgan fingerprint density at radius 2 is 2.07 bits per heavy atom. The van der Waals surface area contributed by atoms with Gasteiger partial charge in [0.15, 0.2) is 0 Å². The fourth-order valence-corrected chi connectivity index (χ4v) is 1.36. The summed E-state index contributed by atoms with van der Waals surface area (Å²) in [5.41, 5.74) is 0. The predicted octanol–water partition coefficient (Wildman–Crippen LogP) is 1.49. The fraction of sp³-hybridized carbons (Fsp3) is 0.909. The highest BCUT2D eigenvalue weighted by Crippen LogP contribution is 2.03. The third-order valence-corrected chi connectivity index (χ3v) is 2.13. The Labute approximate surface area is 92.4 Å². The van der Waals surface area contributed by atoms with E-state index in [1.54, 1.807) is 0 Å². The normalized spacial score (nSPS) is 12.6. The van der Waals surface area contributed by atoms with Crippen molar-refractivity contribution in [3.8, 4) is 0 Å². The third-order valence-electron chi connectivity index (χ3n) is 2.13. The van der Waals surface area contributed by atoms with Gasteiger partial charge >= 0.3 is 6.03 Å². The van der Waals surface area contributed by atoms with Crippen LogP contribution in [0, 0.1) is 5.92 Å². The summed E-state index contributed by atoms with van der Waals surface area (Å²) in [5.74, 6) is 0.470. The van der Waals surface area contributed by atoms with Gasteiger partial charge in [0.25, 0.3) is 0 Å². The molecule has 0 aliphatic carbocycles. The maximum atomic E-state index is 11.3. The summed E-state index contributed by atoms with van der Waals surface area (Å²) in [4.78, 5) is 11.3. The molecule has 0 fully saturated rings. The average Bonchev–Trinajstić information content (AvgIpc) is 2.16. The number of unbranched alkanes of at least 4 members (excludes halogenated alkanes) is 1. The van der Waals surface area contributed by atoms with E-state index in [0.717, 1.165) is 19.3 Å². The van der Waals surface area contributed by atoms with E-state index in [9.17, 15) is 4.79 Å². The second-order valence-corrected chi connectivity index (χ2v) is 4.26. The van der Waals surface area contributed by atoms with Crippen molar-refractivity contribution < 1.29 is 9.90 Å². The van der Waals surface area contributed by atoms with Crippen LogP contribution in [-0.2, 0) is 0 Å². The molecule has 90 valence electrons. The van der Waals surface area contributed by atoms with E-state index in [2.05, 4.69) is 31.4 Å². The molecule has 4 nitrogen and oxygen atoms in total. The molecule has 15 heavy (non-hydrogen) atoms. The zero-order valence-corrected chi connectivity index (χ0v) is 10.0. The summed E-state index contributed by atoms with van der Waals surface area (Å²) in [5, 5.41) is 14.6. The maximum absolute atomic E-state index is 11.3.